The number of benzene rings is 1. The van der Waals surface area contributed by atoms with Crippen molar-refractivity contribution in [3.8, 4) is 11.1 Å². The van der Waals surface area contributed by atoms with Crippen LogP contribution < -0.4 is 10.9 Å². The first-order chi connectivity index (χ1) is 12.4. The van der Waals surface area contributed by atoms with E-state index in [0.29, 0.717) is 10.9 Å². The second-order valence-corrected chi connectivity index (χ2v) is 6.58. The van der Waals surface area contributed by atoms with Gasteiger partial charge < -0.3 is 5.32 Å². The van der Waals surface area contributed by atoms with E-state index in [0.717, 1.165) is 22.4 Å². The lowest BCUT2D eigenvalue weighted by molar-refractivity contribution is -0.124. The predicted molar refractivity (Wildman–Crippen MR) is 102 cm³/mol. The number of carbonyl (C=O) groups excluding carboxylic acids is 1. The Balaban J connectivity index is 2.05. The number of pyridine rings is 1. The van der Waals surface area contributed by atoms with Gasteiger partial charge in [0, 0.05) is 31.0 Å². The van der Waals surface area contributed by atoms with E-state index in [1.54, 1.807) is 14.0 Å². The number of carbonyl (C=O) groups is 1. The number of nitrogens with zero attached hydrogens (tertiary/aromatic N) is 3. The van der Waals surface area contributed by atoms with Crippen molar-refractivity contribution in [1.29, 1.82) is 0 Å². The largest absolute Gasteiger partial charge is 0.359 e. The van der Waals surface area contributed by atoms with E-state index in [-0.39, 0.29) is 23.9 Å². The average molecular weight is 350 g/mol. The van der Waals surface area contributed by atoms with E-state index in [9.17, 15) is 9.59 Å². The van der Waals surface area contributed by atoms with Gasteiger partial charge in [-0.15, -0.1) is 0 Å². The number of aryl methyl sites for hydroxylation is 2. The minimum absolute atomic E-state index is 0.105. The van der Waals surface area contributed by atoms with Gasteiger partial charge in [-0.2, -0.15) is 0 Å². The van der Waals surface area contributed by atoms with Crippen LogP contribution in [0.4, 0.5) is 0 Å². The van der Waals surface area contributed by atoms with Gasteiger partial charge in [0.2, 0.25) is 5.91 Å². The summed E-state index contributed by atoms with van der Waals surface area (Å²) in [4.78, 5) is 33.4. The lowest BCUT2D eigenvalue weighted by Crippen LogP contribution is -2.32. The van der Waals surface area contributed by atoms with Crippen LogP contribution in [-0.4, -0.2) is 27.5 Å². The summed E-state index contributed by atoms with van der Waals surface area (Å²) >= 11 is 0. The van der Waals surface area contributed by atoms with E-state index in [1.807, 2.05) is 38.2 Å². The Morgan fingerprint density at radius 2 is 1.96 bits per heavy atom. The van der Waals surface area contributed by atoms with Gasteiger partial charge in [0.05, 0.1) is 23.1 Å². The number of hydrogen-bond donors (Lipinski definition) is 1. The first-order valence-corrected chi connectivity index (χ1v) is 8.55. The highest BCUT2D eigenvalue weighted by molar-refractivity contribution is 5.83. The molecule has 2 aromatic heterocycles. The first kappa shape index (κ1) is 17.8. The molecule has 3 rings (SSSR count). The molecule has 1 amide bonds. The van der Waals surface area contributed by atoms with Crippen LogP contribution in [0.1, 0.15) is 18.2 Å². The van der Waals surface area contributed by atoms with E-state index in [4.69, 9.17) is 0 Å². The molecule has 0 saturated carbocycles. The molecule has 0 fully saturated rings. The Morgan fingerprint density at radius 3 is 2.65 bits per heavy atom. The molecule has 1 aromatic carbocycles. The topological polar surface area (TPSA) is 76.9 Å². The molecule has 0 aliphatic heterocycles. The van der Waals surface area contributed by atoms with Crippen LogP contribution in [0.3, 0.4) is 0 Å². The van der Waals surface area contributed by atoms with Crippen molar-refractivity contribution in [3.63, 3.8) is 0 Å². The Bertz CT molecular complexity index is 1040. The smallest absolute Gasteiger partial charge is 0.261 e. The van der Waals surface area contributed by atoms with Crippen molar-refractivity contribution in [1.82, 2.24) is 19.9 Å². The first-order valence-electron chi connectivity index (χ1n) is 8.55. The molecular formula is C20H22N4O2. The van der Waals surface area contributed by atoms with Crippen molar-refractivity contribution >= 4 is 16.8 Å². The van der Waals surface area contributed by atoms with Gasteiger partial charge in [0.15, 0.2) is 0 Å². The summed E-state index contributed by atoms with van der Waals surface area (Å²) in [6.07, 6.45) is 3.31. The minimum atomic E-state index is -0.316. The van der Waals surface area contributed by atoms with Gasteiger partial charge in [-0.1, -0.05) is 13.0 Å². The Labute approximate surface area is 151 Å². The zero-order valence-corrected chi connectivity index (χ0v) is 15.4. The van der Waals surface area contributed by atoms with Crippen molar-refractivity contribution in [2.75, 3.05) is 7.05 Å². The highest BCUT2D eigenvalue weighted by Gasteiger charge is 2.14. The van der Waals surface area contributed by atoms with E-state index in [2.05, 4.69) is 21.4 Å². The fourth-order valence-corrected chi connectivity index (χ4v) is 2.89. The Hall–Kier alpha value is -3.02. The highest BCUT2D eigenvalue weighted by Crippen LogP contribution is 2.23. The number of rotatable bonds is 4. The molecule has 0 aliphatic carbocycles. The summed E-state index contributed by atoms with van der Waals surface area (Å²) in [6, 6.07) is 7.69. The number of nitrogens with one attached hydrogen (secondary N) is 1. The quantitative estimate of drug-likeness (QED) is 0.784. The summed E-state index contributed by atoms with van der Waals surface area (Å²) in [5.74, 6) is -0.420. The molecule has 2 heterocycles. The molecule has 26 heavy (non-hydrogen) atoms. The van der Waals surface area contributed by atoms with Crippen LogP contribution in [-0.2, 0) is 11.3 Å². The zero-order valence-electron chi connectivity index (χ0n) is 15.4. The van der Waals surface area contributed by atoms with Gasteiger partial charge in [-0.25, -0.2) is 4.98 Å². The molecular weight excluding hydrogens is 328 g/mol. The molecule has 0 spiro atoms. The summed E-state index contributed by atoms with van der Waals surface area (Å²) in [7, 11) is 1.59. The van der Waals surface area contributed by atoms with Crippen molar-refractivity contribution in [2.45, 2.75) is 27.3 Å². The fraction of sp³-hybridized carbons (Fsp3) is 0.300. The van der Waals surface area contributed by atoms with Crippen LogP contribution in [0.2, 0.25) is 0 Å². The van der Waals surface area contributed by atoms with Gasteiger partial charge in [-0.3, -0.25) is 19.1 Å². The highest BCUT2D eigenvalue weighted by atomic mass is 16.2. The molecule has 0 bridgehead atoms. The maximum atomic E-state index is 12.9. The third-order valence-electron chi connectivity index (χ3n) is 4.66. The third-order valence-corrected chi connectivity index (χ3v) is 4.66. The monoisotopic (exact) mass is 350 g/mol. The maximum absolute atomic E-state index is 12.9. The zero-order chi connectivity index (χ0) is 18.8. The number of hydrogen-bond acceptors (Lipinski definition) is 4. The summed E-state index contributed by atoms with van der Waals surface area (Å²) < 4.78 is 1.49. The normalized spacial score (nSPS) is 12.2. The predicted octanol–water partition coefficient (Wildman–Crippen LogP) is 2.46. The van der Waals surface area contributed by atoms with E-state index in [1.165, 1.54) is 10.9 Å². The van der Waals surface area contributed by atoms with E-state index >= 15 is 0 Å². The SMILES string of the molecule is CNC(=O)C(C)Cn1cnc2ccc(-c3cnc(C)c(C)c3)cc2c1=O. The van der Waals surface area contributed by atoms with Gasteiger partial charge in [-0.05, 0) is 43.2 Å². The lowest BCUT2D eigenvalue weighted by Gasteiger charge is -2.12. The molecule has 1 atom stereocenters. The summed E-state index contributed by atoms with van der Waals surface area (Å²) in [5.41, 5.74) is 4.46. The van der Waals surface area contributed by atoms with E-state index < -0.39 is 0 Å². The van der Waals surface area contributed by atoms with Crippen LogP contribution in [0.5, 0.6) is 0 Å². The molecule has 0 saturated heterocycles. The van der Waals surface area contributed by atoms with Crippen LogP contribution in [0, 0.1) is 19.8 Å². The van der Waals surface area contributed by atoms with Crippen molar-refractivity contribution in [3.05, 3.63) is 58.4 Å². The van der Waals surface area contributed by atoms with Crippen LogP contribution >= 0.6 is 0 Å². The minimum Gasteiger partial charge on any atom is -0.359 e. The van der Waals surface area contributed by atoms with Crippen LogP contribution in [0.15, 0.2) is 41.6 Å². The standard InChI is InChI=1S/C20H22N4O2/c1-12-7-16(9-22-14(12)3)15-5-6-18-17(8-15)20(26)24(11-23-18)10-13(2)19(25)21-4/h5-9,11,13H,10H2,1-4H3,(H,21,25). The number of fused-ring (bicyclic) bond motifs is 1. The Kier molecular flexibility index (Phi) is 4.84. The maximum Gasteiger partial charge on any atom is 0.261 e. The molecule has 6 heteroatoms. The van der Waals surface area contributed by atoms with Gasteiger partial charge in [0.1, 0.15) is 0 Å². The fourth-order valence-electron chi connectivity index (χ4n) is 2.89. The molecule has 0 aliphatic rings. The molecule has 1 N–H and O–H groups in total. The van der Waals surface area contributed by atoms with Crippen LogP contribution in [0.25, 0.3) is 22.0 Å². The second kappa shape index (κ2) is 7.07. The number of amides is 1. The second-order valence-electron chi connectivity index (χ2n) is 6.58. The molecule has 1 unspecified atom stereocenters. The summed E-state index contributed by atoms with van der Waals surface area (Å²) in [5, 5.41) is 3.13. The average Bonchev–Trinajstić information content (AvgIpc) is 2.65. The molecule has 3 aromatic rings. The molecule has 134 valence electrons. The van der Waals surface area contributed by atoms with Gasteiger partial charge in [0.25, 0.3) is 5.56 Å². The Morgan fingerprint density at radius 1 is 1.19 bits per heavy atom. The van der Waals surface area contributed by atoms with Crippen molar-refractivity contribution < 1.29 is 4.79 Å². The number of aromatic nitrogens is 3. The third kappa shape index (κ3) is 3.35. The molecule has 6 nitrogen and oxygen atoms in total. The lowest BCUT2D eigenvalue weighted by atomic mass is 10.0. The summed E-state index contributed by atoms with van der Waals surface area (Å²) in [6.45, 7) is 6.06. The van der Waals surface area contributed by atoms with Crippen molar-refractivity contribution in [2.24, 2.45) is 5.92 Å². The molecule has 0 radical (unpaired) electrons. The van der Waals surface area contributed by atoms with Gasteiger partial charge >= 0.3 is 0 Å².